The average molecular weight is 390 g/mol. The quantitative estimate of drug-likeness (QED) is 0.484. The molecule has 4 nitrogen and oxygen atoms in total. The SMILES string of the molecule is CN1C(=O)C(=O)C(=C(O)c2ccc(Br)cc2)C1c1ccccc1F. The zero-order valence-corrected chi connectivity index (χ0v) is 14.2. The van der Waals surface area contributed by atoms with E-state index in [1.807, 2.05) is 0 Å². The van der Waals surface area contributed by atoms with Gasteiger partial charge in [0.2, 0.25) is 0 Å². The maximum Gasteiger partial charge on any atom is 0.295 e. The largest absolute Gasteiger partial charge is 0.507 e. The molecule has 0 aliphatic carbocycles. The summed E-state index contributed by atoms with van der Waals surface area (Å²) in [5.74, 6) is -2.47. The van der Waals surface area contributed by atoms with E-state index in [0.29, 0.717) is 5.56 Å². The summed E-state index contributed by atoms with van der Waals surface area (Å²) in [6.45, 7) is 0. The summed E-state index contributed by atoms with van der Waals surface area (Å²) in [4.78, 5) is 25.6. The lowest BCUT2D eigenvalue weighted by atomic mass is 9.95. The predicted octanol–water partition coefficient (Wildman–Crippen LogP) is 3.64. The summed E-state index contributed by atoms with van der Waals surface area (Å²) in [5.41, 5.74) is 0.429. The van der Waals surface area contributed by atoms with Gasteiger partial charge in [0.1, 0.15) is 11.6 Å². The van der Waals surface area contributed by atoms with E-state index in [0.717, 1.165) is 9.37 Å². The van der Waals surface area contributed by atoms with Crippen LogP contribution in [0.4, 0.5) is 4.39 Å². The molecule has 1 unspecified atom stereocenters. The molecular weight excluding hydrogens is 377 g/mol. The number of carbonyl (C=O) groups is 2. The Bertz CT molecular complexity index is 861. The number of ketones is 1. The fraction of sp³-hybridized carbons (Fsp3) is 0.111. The summed E-state index contributed by atoms with van der Waals surface area (Å²) < 4.78 is 15.0. The molecule has 1 amide bonds. The fourth-order valence-electron chi connectivity index (χ4n) is 2.77. The number of amides is 1. The summed E-state index contributed by atoms with van der Waals surface area (Å²) in [6, 6.07) is 11.6. The van der Waals surface area contributed by atoms with E-state index in [9.17, 15) is 19.1 Å². The van der Waals surface area contributed by atoms with Crippen LogP contribution in [-0.4, -0.2) is 28.7 Å². The number of hydrogen-bond acceptors (Lipinski definition) is 3. The van der Waals surface area contributed by atoms with Crippen molar-refractivity contribution in [1.82, 2.24) is 4.90 Å². The summed E-state index contributed by atoms with van der Waals surface area (Å²) in [6.07, 6.45) is 0. The van der Waals surface area contributed by atoms with Crippen molar-refractivity contribution in [2.45, 2.75) is 6.04 Å². The molecule has 2 aromatic rings. The zero-order valence-electron chi connectivity index (χ0n) is 12.7. The highest BCUT2D eigenvalue weighted by Crippen LogP contribution is 2.39. The maximum atomic E-state index is 14.2. The maximum absolute atomic E-state index is 14.2. The molecule has 1 atom stereocenters. The Morgan fingerprint density at radius 2 is 1.75 bits per heavy atom. The molecule has 0 bridgehead atoms. The zero-order chi connectivity index (χ0) is 17.4. The van der Waals surface area contributed by atoms with E-state index in [1.54, 1.807) is 30.3 Å². The van der Waals surface area contributed by atoms with E-state index in [4.69, 9.17) is 0 Å². The van der Waals surface area contributed by atoms with E-state index in [-0.39, 0.29) is 16.9 Å². The van der Waals surface area contributed by atoms with Crippen molar-refractivity contribution in [3.8, 4) is 0 Å². The Morgan fingerprint density at radius 1 is 1.12 bits per heavy atom. The minimum Gasteiger partial charge on any atom is -0.507 e. The number of aliphatic hydroxyl groups excluding tert-OH is 1. The molecule has 0 aromatic heterocycles. The van der Waals surface area contributed by atoms with Gasteiger partial charge < -0.3 is 10.0 Å². The van der Waals surface area contributed by atoms with Crippen molar-refractivity contribution < 1.29 is 19.1 Å². The third-order valence-electron chi connectivity index (χ3n) is 3.99. The number of nitrogens with zero attached hydrogens (tertiary/aromatic N) is 1. The summed E-state index contributed by atoms with van der Waals surface area (Å²) in [5, 5.41) is 10.6. The van der Waals surface area contributed by atoms with Gasteiger partial charge in [-0.3, -0.25) is 9.59 Å². The summed E-state index contributed by atoms with van der Waals surface area (Å²) in [7, 11) is 1.42. The normalized spacial score (nSPS) is 19.8. The molecule has 1 saturated heterocycles. The van der Waals surface area contributed by atoms with Crippen molar-refractivity contribution >= 4 is 33.4 Å². The third-order valence-corrected chi connectivity index (χ3v) is 4.52. The molecule has 1 heterocycles. The number of halogens is 2. The highest BCUT2D eigenvalue weighted by atomic mass is 79.9. The second-order valence-corrected chi connectivity index (χ2v) is 6.35. The lowest BCUT2D eigenvalue weighted by Crippen LogP contribution is -2.25. The molecule has 24 heavy (non-hydrogen) atoms. The molecule has 122 valence electrons. The van der Waals surface area contributed by atoms with Gasteiger partial charge in [-0.2, -0.15) is 0 Å². The topological polar surface area (TPSA) is 57.6 Å². The number of likely N-dealkylation sites (N-methyl/N-ethyl adjacent to an activating group) is 1. The molecule has 3 rings (SSSR count). The van der Waals surface area contributed by atoms with Crippen LogP contribution < -0.4 is 0 Å². The smallest absolute Gasteiger partial charge is 0.295 e. The van der Waals surface area contributed by atoms with E-state index in [1.165, 1.54) is 25.2 Å². The number of carbonyl (C=O) groups excluding carboxylic acids is 2. The molecule has 0 saturated carbocycles. The van der Waals surface area contributed by atoms with Crippen molar-refractivity contribution in [2.24, 2.45) is 0 Å². The summed E-state index contributed by atoms with van der Waals surface area (Å²) >= 11 is 3.29. The Balaban J connectivity index is 2.20. The molecule has 1 fully saturated rings. The minimum absolute atomic E-state index is 0.116. The molecular formula is C18H13BrFNO3. The first-order valence-corrected chi connectivity index (χ1v) is 7.96. The number of hydrogen-bond donors (Lipinski definition) is 1. The molecule has 0 spiro atoms. The average Bonchev–Trinajstić information content (AvgIpc) is 2.79. The Kier molecular flexibility index (Phi) is 4.24. The lowest BCUT2D eigenvalue weighted by Gasteiger charge is -2.21. The van der Waals surface area contributed by atoms with Crippen LogP contribution >= 0.6 is 15.9 Å². The van der Waals surface area contributed by atoms with Gasteiger partial charge in [0.15, 0.2) is 0 Å². The van der Waals surface area contributed by atoms with Crippen LogP contribution in [-0.2, 0) is 9.59 Å². The van der Waals surface area contributed by atoms with Crippen LogP contribution in [0, 0.1) is 5.82 Å². The van der Waals surface area contributed by atoms with Gasteiger partial charge in [0, 0.05) is 22.6 Å². The minimum atomic E-state index is -0.963. The van der Waals surface area contributed by atoms with Gasteiger partial charge >= 0.3 is 0 Å². The molecule has 1 N–H and O–H groups in total. The van der Waals surface area contributed by atoms with Crippen LogP contribution in [0.5, 0.6) is 0 Å². The first-order chi connectivity index (χ1) is 11.4. The number of benzene rings is 2. The molecule has 1 aliphatic heterocycles. The second-order valence-electron chi connectivity index (χ2n) is 5.44. The monoisotopic (exact) mass is 389 g/mol. The van der Waals surface area contributed by atoms with E-state index < -0.39 is 23.5 Å². The molecule has 6 heteroatoms. The van der Waals surface area contributed by atoms with Crippen molar-refractivity contribution in [1.29, 1.82) is 0 Å². The van der Waals surface area contributed by atoms with Crippen LogP contribution in [0.3, 0.4) is 0 Å². The highest BCUT2D eigenvalue weighted by Gasteiger charge is 2.45. The van der Waals surface area contributed by atoms with Gasteiger partial charge in [-0.05, 0) is 18.2 Å². The van der Waals surface area contributed by atoms with Crippen LogP contribution in [0.25, 0.3) is 5.76 Å². The highest BCUT2D eigenvalue weighted by molar-refractivity contribution is 9.10. The number of Topliss-reactive ketones (excluding diaryl/α,β-unsaturated/α-hetero) is 1. The van der Waals surface area contributed by atoms with Crippen LogP contribution in [0.15, 0.2) is 58.6 Å². The van der Waals surface area contributed by atoms with Gasteiger partial charge in [0.25, 0.3) is 11.7 Å². The Hall–Kier alpha value is -2.47. The van der Waals surface area contributed by atoms with Gasteiger partial charge in [-0.15, -0.1) is 0 Å². The van der Waals surface area contributed by atoms with Crippen molar-refractivity contribution in [2.75, 3.05) is 7.05 Å². The van der Waals surface area contributed by atoms with Gasteiger partial charge in [0.05, 0.1) is 11.6 Å². The first kappa shape index (κ1) is 16.4. The van der Waals surface area contributed by atoms with Crippen molar-refractivity contribution in [3.63, 3.8) is 0 Å². The number of rotatable bonds is 2. The van der Waals surface area contributed by atoms with Gasteiger partial charge in [-0.1, -0.05) is 46.3 Å². The number of likely N-dealkylation sites (tertiary alicyclic amines) is 1. The Morgan fingerprint density at radius 3 is 2.38 bits per heavy atom. The predicted molar refractivity (Wildman–Crippen MR) is 90.6 cm³/mol. The first-order valence-electron chi connectivity index (χ1n) is 7.16. The third kappa shape index (κ3) is 2.63. The van der Waals surface area contributed by atoms with Gasteiger partial charge in [-0.25, -0.2) is 4.39 Å². The second kappa shape index (κ2) is 6.20. The van der Waals surface area contributed by atoms with Crippen molar-refractivity contribution in [3.05, 3.63) is 75.5 Å². The van der Waals surface area contributed by atoms with Crippen LogP contribution in [0.2, 0.25) is 0 Å². The molecule has 0 radical (unpaired) electrons. The molecule has 2 aromatic carbocycles. The lowest BCUT2D eigenvalue weighted by molar-refractivity contribution is -0.139. The van der Waals surface area contributed by atoms with E-state index >= 15 is 0 Å². The standard InChI is InChI=1S/C18H13BrFNO3/c1-21-15(12-4-2-3-5-13(12)20)14(17(23)18(21)24)16(22)10-6-8-11(19)9-7-10/h2-9,15,22H,1H3. The Labute approximate surface area is 146 Å². The number of aliphatic hydroxyl groups is 1. The van der Waals surface area contributed by atoms with E-state index in [2.05, 4.69) is 15.9 Å². The van der Waals surface area contributed by atoms with Crippen LogP contribution in [0.1, 0.15) is 17.2 Å². The fourth-order valence-corrected chi connectivity index (χ4v) is 3.04. The molecule has 1 aliphatic rings.